The number of carbonyl (C=O) groups excluding carboxylic acids is 1. The molecule has 22 heavy (non-hydrogen) atoms. The number of halogens is 1. The molecule has 0 unspecified atom stereocenters. The van der Waals surface area contributed by atoms with Crippen LogP contribution in [0.2, 0.25) is 5.02 Å². The molecule has 3 nitrogen and oxygen atoms in total. The van der Waals surface area contributed by atoms with Gasteiger partial charge in [0, 0.05) is 23.3 Å². The van der Waals surface area contributed by atoms with Crippen molar-refractivity contribution in [1.29, 1.82) is 0 Å². The Hall–Kier alpha value is -1.39. The number of benzene rings is 1. The van der Waals surface area contributed by atoms with Crippen LogP contribution in [0.5, 0.6) is 5.75 Å². The highest BCUT2D eigenvalue weighted by molar-refractivity contribution is 8.06. The summed E-state index contributed by atoms with van der Waals surface area (Å²) in [4.78, 5) is 14.8. The lowest BCUT2D eigenvalue weighted by Gasteiger charge is -2.21. The van der Waals surface area contributed by atoms with Crippen LogP contribution in [0, 0.1) is 0 Å². The van der Waals surface area contributed by atoms with Gasteiger partial charge in [0.25, 0.3) is 0 Å². The van der Waals surface area contributed by atoms with E-state index in [4.69, 9.17) is 16.3 Å². The van der Waals surface area contributed by atoms with Crippen molar-refractivity contribution < 1.29 is 9.53 Å². The number of methoxy groups -OCH3 is 1. The number of ether oxygens (including phenoxy) is 1. The number of thioether (sulfide) groups is 1. The first-order chi connectivity index (χ1) is 10.6. The van der Waals surface area contributed by atoms with Crippen molar-refractivity contribution in [1.82, 2.24) is 4.90 Å². The lowest BCUT2D eigenvalue weighted by Crippen LogP contribution is -2.18. The predicted molar refractivity (Wildman–Crippen MR) is 93.4 cm³/mol. The Bertz CT molecular complexity index is 625. The van der Waals surface area contributed by atoms with Gasteiger partial charge in [-0.05, 0) is 37.0 Å². The fourth-order valence-corrected chi connectivity index (χ4v) is 3.35. The number of nitrogens with zero attached hydrogens (tertiary/aromatic N) is 1. The van der Waals surface area contributed by atoms with Crippen LogP contribution < -0.4 is 4.74 Å². The van der Waals surface area contributed by atoms with Gasteiger partial charge in [0.1, 0.15) is 5.75 Å². The molecule has 0 fully saturated rings. The van der Waals surface area contributed by atoms with Crippen molar-refractivity contribution in [2.45, 2.75) is 26.7 Å². The highest BCUT2D eigenvalue weighted by Gasteiger charge is 2.20. The summed E-state index contributed by atoms with van der Waals surface area (Å²) in [5.41, 5.74) is 1.67. The molecule has 0 spiro atoms. The van der Waals surface area contributed by atoms with E-state index in [0.29, 0.717) is 16.3 Å². The average molecular weight is 338 g/mol. The summed E-state index contributed by atoms with van der Waals surface area (Å²) in [6, 6.07) is 5.08. The van der Waals surface area contributed by atoms with Crippen molar-refractivity contribution in [2.75, 3.05) is 13.7 Å². The summed E-state index contributed by atoms with van der Waals surface area (Å²) in [7, 11) is 1.55. The van der Waals surface area contributed by atoms with Crippen molar-refractivity contribution in [2.24, 2.45) is 0 Å². The van der Waals surface area contributed by atoms with E-state index in [1.807, 2.05) is 0 Å². The number of unbranched alkanes of at least 4 members (excludes halogenated alkanes) is 1. The van der Waals surface area contributed by atoms with E-state index in [-0.39, 0.29) is 5.78 Å². The van der Waals surface area contributed by atoms with Crippen LogP contribution in [0.4, 0.5) is 0 Å². The number of hydrogen-bond donors (Lipinski definition) is 0. The van der Waals surface area contributed by atoms with Crippen molar-refractivity contribution >= 4 is 29.1 Å². The van der Waals surface area contributed by atoms with E-state index < -0.39 is 0 Å². The Morgan fingerprint density at radius 1 is 1.45 bits per heavy atom. The summed E-state index contributed by atoms with van der Waals surface area (Å²) in [6.07, 6.45) is 3.89. The zero-order valence-electron chi connectivity index (χ0n) is 13.1. The van der Waals surface area contributed by atoms with E-state index in [9.17, 15) is 4.79 Å². The summed E-state index contributed by atoms with van der Waals surface area (Å²) < 4.78 is 5.26. The zero-order chi connectivity index (χ0) is 16.1. The lowest BCUT2D eigenvalue weighted by atomic mass is 10.1. The van der Waals surface area contributed by atoms with Crippen LogP contribution in [0.15, 0.2) is 40.4 Å². The molecule has 1 aliphatic rings. The first kappa shape index (κ1) is 17.0. The van der Waals surface area contributed by atoms with Gasteiger partial charge < -0.3 is 9.64 Å². The van der Waals surface area contributed by atoms with Crippen molar-refractivity contribution in [3.05, 3.63) is 51.0 Å². The minimum atomic E-state index is -0.0913. The Kier molecular flexibility index (Phi) is 5.98. The molecule has 0 atom stereocenters. The molecule has 0 radical (unpaired) electrons. The molecule has 1 aromatic carbocycles. The fraction of sp³-hybridized carbons (Fsp3) is 0.353. The fourth-order valence-electron chi connectivity index (χ4n) is 2.22. The molecular formula is C17H20ClNO2S. The third kappa shape index (κ3) is 3.87. The maximum atomic E-state index is 12.6. The summed E-state index contributed by atoms with van der Waals surface area (Å²) in [6.45, 7) is 5.15. The molecular weight excluding hydrogens is 318 g/mol. The molecule has 1 aromatic rings. The summed E-state index contributed by atoms with van der Waals surface area (Å²) in [5.74, 6) is 0.450. The smallest absolute Gasteiger partial charge is 0.192 e. The van der Waals surface area contributed by atoms with Gasteiger partial charge in [-0.2, -0.15) is 0 Å². The highest BCUT2D eigenvalue weighted by Crippen LogP contribution is 2.35. The summed E-state index contributed by atoms with van der Waals surface area (Å²) in [5, 5.41) is 3.56. The minimum Gasteiger partial charge on any atom is -0.496 e. The van der Waals surface area contributed by atoms with Gasteiger partial charge in [-0.1, -0.05) is 36.7 Å². The maximum absolute atomic E-state index is 12.6. The van der Waals surface area contributed by atoms with Gasteiger partial charge >= 0.3 is 0 Å². The monoisotopic (exact) mass is 337 g/mol. The second-order valence-corrected chi connectivity index (χ2v) is 6.40. The van der Waals surface area contributed by atoms with Crippen molar-refractivity contribution in [3.63, 3.8) is 0 Å². The molecule has 0 amide bonds. The number of rotatable bonds is 6. The molecule has 0 aromatic heterocycles. The highest BCUT2D eigenvalue weighted by atomic mass is 35.5. The van der Waals surface area contributed by atoms with E-state index in [0.717, 1.165) is 24.4 Å². The molecule has 5 heteroatoms. The molecule has 118 valence electrons. The standard InChI is InChI=1S/C17H20ClNO2S/c1-4-5-8-19-12(2)11-22-17(19)10-15(20)14-9-13(18)6-7-16(14)21-3/h6-7,9-11H,4-5,8H2,1-3H3/b17-10-. The van der Waals surface area contributed by atoms with Crippen LogP contribution in [-0.2, 0) is 0 Å². The Morgan fingerprint density at radius 3 is 2.91 bits per heavy atom. The SMILES string of the molecule is CCCCN1C(C)=CS/C1=C\C(=O)c1cc(Cl)ccc1OC. The largest absolute Gasteiger partial charge is 0.496 e. The number of carbonyl (C=O) groups is 1. The second-order valence-electron chi connectivity index (χ2n) is 5.07. The average Bonchev–Trinajstić information content (AvgIpc) is 2.85. The van der Waals surface area contributed by atoms with Gasteiger partial charge in [-0.25, -0.2) is 0 Å². The normalized spacial score (nSPS) is 16.1. The lowest BCUT2D eigenvalue weighted by molar-refractivity contribution is 0.104. The van der Waals surface area contributed by atoms with Gasteiger partial charge in [0.05, 0.1) is 17.7 Å². The molecule has 1 aliphatic heterocycles. The van der Waals surface area contributed by atoms with E-state index in [1.54, 1.807) is 43.1 Å². The Labute approximate surface area is 141 Å². The third-order valence-corrected chi connectivity index (χ3v) is 4.73. The van der Waals surface area contributed by atoms with Crippen LogP contribution in [0.1, 0.15) is 37.0 Å². The van der Waals surface area contributed by atoms with Crippen LogP contribution in [-0.4, -0.2) is 24.3 Å². The quantitative estimate of drug-likeness (QED) is 0.534. The number of hydrogen-bond acceptors (Lipinski definition) is 4. The molecule has 2 rings (SSSR count). The number of ketones is 1. The van der Waals surface area contributed by atoms with Gasteiger partial charge in [-0.3, -0.25) is 4.79 Å². The van der Waals surface area contributed by atoms with Gasteiger partial charge in [0.2, 0.25) is 0 Å². The number of allylic oxidation sites excluding steroid dienone is 2. The van der Waals surface area contributed by atoms with Gasteiger partial charge in [0.15, 0.2) is 5.78 Å². The van der Waals surface area contributed by atoms with E-state index >= 15 is 0 Å². The van der Waals surface area contributed by atoms with E-state index in [1.165, 1.54) is 5.70 Å². The topological polar surface area (TPSA) is 29.5 Å². The second kappa shape index (κ2) is 7.75. The molecule has 0 saturated heterocycles. The Morgan fingerprint density at radius 2 is 2.23 bits per heavy atom. The first-order valence-corrected chi connectivity index (χ1v) is 8.53. The third-order valence-electron chi connectivity index (χ3n) is 3.46. The molecule has 0 saturated carbocycles. The van der Waals surface area contributed by atoms with E-state index in [2.05, 4.69) is 24.2 Å². The van der Waals surface area contributed by atoms with Crippen LogP contribution in [0.25, 0.3) is 0 Å². The zero-order valence-corrected chi connectivity index (χ0v) is 14.6. The molecule has 0 N–H and O–H groups in total. The molecule has 1 heterocycles. The first-order valence-electron chi connectivity index (χ1n) is 7.27. The van der Waals surface area contributed by atoms with Crippen LogP contribution in [0.3, 0.4) is 0 Å². The van der Waals surface area contributed by atoms with Gasteiger partial charge in [-0.15, -0.1) is 0 Å². The summed E-state index contributed by atoms with van der Waals surface area (Å²) >= 11 is 7.58. The predicted octanol–water partition coefficient (Wildman–Crippen LogP) is 5.08. The molecule has 0 aliphatic carbocycles. The minimum absolute atomic E-state index is 0.0913. The van der Waals surface area contributed by atoms with Crippen LogP contribution >= 0.6 is 23.4 Å². The Balaban J connectivity index is 2.25. The molecule has 0 bridgehead atoms. The maximum Gasteiger partial charge on any atom is 0.192 e. The van der Waals surface area contributed by atoms with Crippen molar-refractivity contribution in [3.8, 4) is 5.75 Å².